The third-order valence-electron chi connectivity index (χ3n) is 3.03. The largest absolute Gasteiger partial charge is 0.504 e. The van der Waals surface area contributed by atoms with Gasteiger partial charge in [0.05, 0.1) is 5.56 Å². The maximum atomic E-state index is 10.8. The van der Waals surface area contributed by atoms with Crippen LogP contribution in [-0.2, 0) is 20.8 Å². The molecular weight excluding hydrogens is 440 g/mol. The van der Waals surface area contributed by atoms with E-state index in [0.717, 1.165) is 6.07 Å². The molecule has 1 rings (SSSR count). The molecule has 0 radical (unpaired) electrons. The second-order valence-electron chi connectivity index (χ2n) is 6.17. The van der Waals surface area contributed by atoms with Crippen molar-refractivity contribution in [3.05, 3.63) is 66.3 Å². The Bertz CT molecular complexity index is 847. The molecule has 0 aliphatic heterocycles. The van der Waals surface area contributed by atoms with Crippen LogP contribution in [0.3, 0.4) is 0 Å². The number of allylic oxidation sites excluding steroid dienone is 1. The third-order valence-corrected chi connectivity index (χ3v) is 3.03. The second kappa shape index (κ2) is 16.2. The molecule has 0 aliphatic carbocycles. The maximum absolute atomic E-state index is 10.8. The van der Waals surface area contributed by atoms with E-state index >= 15 is 0 Å². The van der Waals surface area contributed by atoms with Crippen molar-refractivity contribution in [2.75, 3.05) is 0 Å². The monoisotopic (exact) mass is 468 g/mol. The average Bonchev–Trinajstić information content (AvgIpc) is 2.69. The number of hydrogen-bond donors (Lipinski definition) is 7. The van der Waals surface area contributed by atoms with Crippen LogP contribution in [0.2, 0.25) is 0 Å². The van der Waals surface area contributed by atoms with Gasteiger partial charge in [-0.2, -0.15) is 0 Å². The highest BCUT2D eigenvalue weighted by molar-refractivity contribution is 5.92. The smallest absolute Gasteiger partial charge is 0.336 e. The number of benzene rings is 1. The maximum Gasteiger partial charge on any atom is 0.336 e. The van der Waals surface area contributed by atoms with E-state index < -0.39 is 41.1 Å². The summed E-state index contributed by atoms with van der Waals surface area (Å²) in [6.07, 6.45) is 1.47. The summed E-state index contributed by atoms with van der Waals surface area (Å²) in [5, 5.41) is 60.2. The fourth-order valence-electron chi connectivity index (χ4n) is 1.23. The zero-order valence-corrected chi connectivity index (χ0v) is 18.5. The lowest BCUT2D eigenvalue weighted by Crippen LogP contribution is -2.02. The fourth-order valence-corrected chi connectivity index (χ4v) is 1.23. The Labute approximate surface area is 190 Å². The first-order valence-electron chi connectivity index (χ1n) is 8.69. The first-order chi connectivity index (χ1) is 14.9. The number of phenolic OH excluding ortho intramolecular Hbond substituents is 3. The van der Waals surface area contributed by atoms with E-state index in [1.54, 1.807) is 0 Å². The van der Waals surface area contributed by atoms with Crippen molar-refractivity contribution in [3.8, 4) is 17.2 Å². The molecule has 0 fully saturated rings. The Hall–Kier alpha value is -4.54. The molecule has 0 unspecified atom stereocenters. The van der Waals surface area contributed by atoms with Crippen molar-refractivity contribution in [2.24, 2.45) is 0 Å². The lowest BCUT2D eigenvalue weighted by Gasteiger charge is -2.09. The van der Waals surface area contributed by atoms with Crippen LogP contribution in [0.4, 0.5) is 0 Å². The molecular formula is C22H28O11. The fraction of sp³-hybridized carbons (Fsp3) is 0.182. The molecule has 1 aromatic rings. The van der Waals surface area contributed by atoms with Crippen LogP contribution in [0, 0.1) is 0 Å². The van der Waals surface area contributed by atoms with Crippen molar-refractivity contribution in [2.45, 2.75) is 27.2 Å². The number of aliphatic carboxylic acids is 3. The molecule has 0 atom stereocenters. The molecule has 0 aliphatic rings. The number of carbonyl (C=O) groups is 4. The lowest BCUT2D eigenvalue weighted by molar-refractivity contribution is -0.133. The van der Waals surface area contributed by atoms with Gasteiger partial charge in [-0.25, -0.2) is 19.2 Å². The summed E-state index contributed by atoms with van der Waals surface area (Å²) in [6.45, 7) is 17.2. The molecule has 0 amide bonds. The van der Waals surface area contributed by atoms with E-state index in [4.69, 9.17) is 25.5 Å². The summed E-state index contributed by atoms with van der Waals surface area (Å²) in [7, 11) is 0. The van der Waals surface area contributed by atoms with Gasteiger partial charge in [-0.05, 0) is 33.3 Å². The summed E-state index contributed by atoms with van der Waals surface area (Å²) >= 11 is 0. The van der Waals surface area contributed by atoms with Gasteiger partial charge in [0.2, 0.25) is 5.75 Å². The zero-order chi connectivity index (χ0) is 27.0. The van der Waals surface area contributed by atoms with Gasteiger partial charge >= 0.3 is 23.9 Å². The summed E-state index contributed by atoms with van der Waals surface area (Å²) in [5.74, 6) is -6.13. The van der Waals surface area contributed by atoms with Gasteiger partial charge in [-0.15, -0.1) is 6.58 Å². The predicted molar refractivity (Wildman–Crippen MR) is 120 cm³/mol. The number of carboxylic acids is 4. The first kappa shape index (κ1) is 33.1. The third kappa shape index (κ3) is 15.0. The Morgan fingerprint density at radius 1 is 0.758 bits per heavy atom. The number of hydrogen-bond acceptors (Lipinski definition) is 7. The van der Waals surface area contributed by atoms with Crippen LogP contribution in [-0.4, -0.2) is 59.6 Å². The molecule has 0 saturated heterocycles. The molecule has 0 saturated carbocycles. The van der Waals surface area contributed by atoms with E-state index in [-0.39, 0.29) is 34.3 Å². The highest BCUT2D eigenvalue weighted by Gasteiger charge is 2.19. The molecule has 11 heteroatoms. The predicted octanol–water partition coefficient (Wildman–Crippen LogP) is 3.17. The van der Waals surface area contributed by atoms with E-state index in [1.165, 1.54) is 26.8 Å². The average molecular weight is 468 g/mol. The highest BCUT2D eigenvalue weighted by atomic mass is 16.4. The summed E-state index contributed by atoms with van der Waals surface area (Å²) in [6, 6.07) is 0.885. The molecule has 11 nitrogen and oxygen atoms in total. The van der Waals surface area contributed by atoms with Crippen molar-refractivity contribution < 1.29 is 54.9 Å². The number of phenols is 3. The molecule has 7 N–H and O–H groups in total. The number of aromatic carboxylic acids is 1. The Morgan fingerprint density at radius 2 is 1.06 bits per heavy atom. The number of carboxylic acid groups (broad SMARTS) is 4. The van der Waals surface area contributed by atoms with E-state index in [9.17, 15) is 29.4 Å². The van der Waals surface area contributed by atoms with Gasteiger partial charge in [0, 0.05) is 22.3 Å². The van der Waals surface area contributed by atoms with Gasteiger partial charge in [0.1, 0.15) is 0 Å². The van der Waals surface area contributed by atoms with Gasteiger partial charge in [0.15, 0.2) is 11.5 Å². The standard InChI is InChI=1S/C10H10O5.3C4H6O2/c1-2-3-5-6(10(14)15)4-7(11)9(13)8(5)12;3*1-3(2)4(5)6/h2,4,11-13H,1,3H2,(H,14,15);3*1H2,2H3,(H,5,6). The van der Waals surface area contributed by atoms with Crippen LogP contribution in [0.25, 0.3) is 0 Å². The quantitative estimate of drug-likeness (QED) is 0.183. The molecule has 33 heavy (non-hydrogen) atoms. The molecule has 0 aromatic heterocycles. The number of rotatable bonds is 6. The molecule has 182 valence electrons. The van der Waals surface area contributed by atoms with Gasteiger partial charge in [0.25, 0.3) is 0 Å². The Morgan fingerprint density at radius 3 is 1.27 bits per heavy atom. The minimum atomic E-state index is -1.29. The van der Waals surface area contributed by atoms with Gasteiger partial charge < -0.3 is 35.7 Å². The minimum absolute atomic E-state index is 0.0211. The van der Waals surface area contributed by atoms with Crippen LogP contribution >= 0.6 is 0 Å². The van der Waals surface area contributed by atoms with Crippen molar-refractivity contribution in [1.82, 2.24) is 0 Å². The summed E-state index contributed by atoms with van der Waals surface area (Å²) in [5.41, 5.74) is 0.288. The van der Waals surface area contributed by atoms with Crippen molar-refractivity contribution >= 4 is 23.9 Å². The SMILES string of the molecule is C=C(C)C(=O)O.C=C(C)C(=O)O.C=C(C)C(=O)O.C=CCc1c(C(=O)O)cc(O)c(O)c1O. The van der Waals surface area contributed by atoms with Crippen LogP contribution < -0.4 is 0 Å². The van der Waals surface area contributed by atoms with E-state index in [0.29, 0.717) is 0 Å². The second-order valence-corrected chi connectivity index (χ2v) is 6.17. The van der Waals surface area contributed by atoms with Crippen molar-refractivity contribution in [3.63, 3.8) is 0 Å². The highest BCUT2D eigenvalue weighted by Crippen LogP contribution is 2.39. The molecule has 0 spiro atoms. The molecule has 0 heterocycles. The van der Waals surface area contributed by atoms with Gasteiger partial charge in [-0.1, -0.05) is 25.8 Å². The number of aromatic hydroxyl groups is 3. The molecule has 1 aromatic carbocycles. The van der Waals surface area contributed by atoms with Gasteiger partial charge in [-0.3, -0.25) is 0 Å². The zero-order valence-electron chi connectivity index (χ0n) is 18.5. The Balaban J connectivity index is -0.000000417. The normalized spacial score (nSPS) is 8.58. The van der Waals surface area contributed by atoms with Crippen LogP contribution in [0.1, 0.15) is 36.7 Å². The summed E-state index contributed by atoms with van der Waals surface area (Å²) in [4.78, 5) is 39.6. The van der Waals surface area contributed by atoms with E-state index in [2.05, 4.69) is 26.3 Å². The van der Waals surface area contributed by atoms with Crippen LogP contribution in [0.5, 0.6) is 17.2 Å². The lowest BCUT2D eigenvalue weighted by atomic mass is 10.0. The first-order valence-corrected chi connectivity index (χ1v) is 8.69. The van der Waals surface area contributed by atoms with Crippen molar-refractivity contribution in [1.29, 1.82) is 0 Å². The minimum Gasteiger partial charge on any atom is -0.504 e. The topological polar surface area (TPSA) is 210 Å². The van der Waals surface area contributed by atoms with E-state index in [1.807, 2.05) is 0 Å². The van der Waals surface area contributed by atoms with Crippen LogP contribution in [0.15, 0.2) is 55.2 Å². The molecule has 0 bridgehead atoms. The summed E-state index contributed by atoms with van der Waals surface area (Å²) < 4.78 is 0. The Kier molecular flexibility index (Phi) is 16.2.